The number of nitrogens with zero attached hydrogens (tertiary/aromatic N) is 1. The maximum absolute atomic E-state index is 10.7. The minimum atomic E-state index is 0.404. The Hall–Kier alpha value is -1.35. The van der Waals surface area contributed by atoms with Crippen molar-refractivity contribution in [2.24, 2.45) is 0 Å². The summed E-state index contributed by atoms with van der Waals surface area (Å²) in [5.41, 5.74) is 3.16. The van der Waals surface area contributed by atoms with Gasteiger partial charge >= 0.3 is 0 Å². The standard InChI is InChI=1S/C14H19NO2/c1-11-9-12(10-16)3-4-14(11)15-7-5-13(17-2)6-8-15/h3-4,9-10,13H,5-8H2,1-2H3. The number of rotatable bonds is 3. The second-order valence-corrected chi connectivity index (χ2v) is 4.59. The Kier molecular flexibility index (Phi) is 3.79. The summed E-state index contributed by atoms with van der Waals surface area (Å²) in [6, 6.07) is 5.88. The molecule has 3 heteroatoms. The molecule has 0 aliphatic carbocycles. The van der Waals surface area contributed by atoms with Crippen LogP contribution in [0.15, 0.2) is 18.2 Å². The number of aryl methyl sites for hydroxylation is 1. The molecule has 1 fully saturated rings. The smallest absolute Gasteiger partial charge is 0.150 e. The molecule has 0 spiro atoms. The Labute approximate surface area is 102 Å². The molecule has 0 radical (unpaired) electrons. The maximum atomic E-state index is 10.7. The molecule has 1 heterocycles. The van der Waals surface area contributed by atoms with Crippen molar-refractivity contribution in [3.8, 4) is 0 Å². The van der Waals surface area contributed by atoms with Crippen LogP contribution in [-0.4, -0.2) is 32.6 Å². The Balaban J connectivity index is 2.10. The lowest BCUT2D eigenvalue weighted by molar-refractivity contribution is 0.0819. The summed E-state index contributed by atoms with van der Waals surface area (Å²) in [5.74, 6) is 0. The lowest BCUT2D eigenvalue weighted by Gasteiger charge is -2.33. The molecule has 1 aromatic rings. The zero-order chi connectivity index (χ0) is 12.3. The Morgan fingerprint density at radius 1 is 1.35 bits per heavy atom. The van der Waals surface area contributed by atoms with E-state index in [1.165, 1.54) is 11.3 Å². The first kappa shape index (κ1) is 12.1. The van der Waals surface area contributed by atoms with Crippen LogP contribution in [0.2, 0.25) is 0 Å². The van der Waals surface area contributed by atoms with Gasteiger partial charge in [-0.2, -0.15) is 0 Å². The van der Waals surface area contributed by atoms with Crippen LogP contribution >= 0.6 is 0 Å². The molecule has 92 valence electrons. The summed E-state index contributed by atoms with van der Waals surface area (Å²) in [6.45, 7) is 4.12. The summed E-state index contributed by atoms with van der Waals surface area (Å²) in [7, 11) is 1.78. The third-order valence-electron chi connectivity index (χ3n) is 3.47. The summed E-state index contributed by atoms with van der Waals surface area (Å²) >= 11 is 0. The highest BCUT2D eigenvalue weighted by molar-refractivity contribution is 5.77. The number of carbonyl (C=O) groups is 1. The summed E-state index contributed by atoms with van der Waals surface area (Å²) in [6.07, 6.45) is 3.45. The SMILES string of the molecule is COC1CCN(c2ccc(C=O)cc2C)CC1. The highest BCUT2D eigenvalue weighted by Crippen LogP contribution is 2.25. The molecule has 0 amide bonds. The van der Waals surface area contributed by atoms with Gasteiger partial charge in [0.2, 0.25) is 0 Å². The molecule has 2 rings (SSSR count). The Bertz CT molecular complexity index is 395. The van der Waals surface area contributed by atoms with E-state index in [1.807, 2.05) is 18.2 Å². The number of hydrogen-bond donors (Lipinski definition) is 0. The van der Waals surface area contributed by atoms with Gasteiger partial charge in [-0.3, -0.25) is 4.79 Å². The van der Waals surface area contributed by atoms with E-state index < -0.39 is 0 Å². The van der Waals surface area contributed by atoms with Gasteiger partial charge in [-0.25, -0.2) is 0 Å². The van der Waals surface area contributed by atoms with Gasteiger partial charge in [0, 0.05) is 31.5 Å². The minimum Gasteiger partial charge on any atom is -0.381 e. The van der Waals surface area contributed by atoms with Crippen LogP contribution in [0.1, 0.15) is 28.8 Å². The van der Waals surface area contributed by atoms with Crippen molar-refractivity contribution in [1.82, 2.24) is 0 Å². The van der Waals surface area contributed by atoms with E-state index in [9.17, 15) is 4.79 Å². The van der Waals surface area contributed by atoms with Crippen molar-refractivity contribution < 1.29 is 9.53 Å². The molecule has 0 saturated carbocycles. The van der Waals surface area contributed by atoms with Crippen LogP contribution in [0.4, 0.5) is 5.69 Å². The zero-order valence-corrected chi connectivity index (χ0v) is 10.5. The largest absolute Gasteiger partial charge is 0.381 e. The van der Waals surface area contributed by atoms with Crippen LogP contribution < -0.4 is 4.90 Å². The van der Waals surface area contributed by atoms with Crippen molar-refractivity contribution >= 4 is 12.0 Å². The van der Waals surface area contributed by atoms with Gasteiger partial charge in [0.05, 0.1) is 6.10 Å². The number of ether oxygens (including phenoxy) is 1. The first-order valence-corrected chi connectivity index (χ1v) is 6.08. The molecule has 17 heavy (non-hydrogen) atoms. The number of methoxy groups -OCH3 is 1. The Morgan fingerprint density at radius 3 is 2.59 bits per heavy atom. The highest BCUT2D eigenvalue weighted by Gasteiger charge is 2.19. The highest BCUT2D eigenvalue weighted by atomic mass is 16.5. The zero-order valence-electron chi connectivity index (χ0n) is 10.5. The van der Waals surface area contributed by atoms with Crippen molar-refractivity contribution in [3.63, 3.8) is 0 Å². The van der Waals surface area contributed by atoms with Gasteiger partial charge in [-0.1, -0.05) is 0 Å². The normalized spacial score (nSPS) is 17.2. The fraction of sp³-hybridized carbons (Fsp3) is 0.500. The number of anilines is 1. The van der Waals surface area contributed by atoms with E-state index in [0.29, 0.717) is 6.10 Å². The fourth-order valence-corrected chi connectivity index (χ4v) is 2.44. The number of hydrogen-bond acceptors (Lipinski definition) is 3. The average Bonchev–Trinajstić information content (AvgIpc) is 2.39. The van der Waals surface area contributed by atoms with Crippen molar-refractivity contribution in [1.29, 1.82) is 0 Å². The fourth-order valence-electron chi connectivity index (χ4n) is 2.44. The van der Waals surface area contributed by atoms with Crippen molar-refractivity contribution in [2.45, 2.75) is 25.9 Å². The van der Waals surface area contributed by atoms with Gasteiger partial charge in [0.25, 0.3) is 0 Å². The number of aldehydes is 1. The summed E-state index contributed by atoms with van der Waals surface area (Å²) < 4.78 is 5.37. The third kappa shape index (κ3) is 2.67. The van der Waals surface area contributed by atoms with E-state index >= 15 is 0 Å². The Morgan fingerprint density at radius 2 is 2.06 bits per heavy atom. The monoisotopic (exact) mass is 233 g/mol. The average molecular weight is 233 g/mol. The van der Waals surface area contributed by atoms with Gasteiger partial charge in [-0.05, 0) is 43.5 Å². The van der Waals surface area contributed by atoms with Gasteiger partial charge in [0.1, 0.15) is 6.29 Å². The van der Waals surface area contributed by atoms with E-state index in [2.05, 4.69) is 11.8 Å². The van der Waals surface area contributed by atoms with Crippen LogP contribution in [0, 0.1) is 6.92 Å². The number of benzene rings is 1. The third-order valence-corrected chi connectivity index (χ3v) is 3.47. The molecule has 0 aromatic heterocycles. The first-order chi connectivity index (χ1) is 8.24. The molecule has 1 aromatic carbocycles. The summed E-state index contributed by atoms with van der Waals surface area (Å²) in [4.78, 5) is 13.1. The van der Waals surface area contributed by atoms with Crippen LogP contribution in [0.3, 0.4) is 0 Å². The van der Waals surface area contributed by atoms with Crippen molar-refractivity contribution in [3.05, 3.63) is 29.3 Å². The molecule has 1 aliphatic heterocycles. The lowest BCUT2D eigenvalue weighted by Crippen LogP contribution is -2.37. The topological polar surface area (TPSA) is 29.5 Å². The molecular weight excluding hydrogens is 214 g/mol. The van der Waals surface area contributed by atoms with Gasteiger partial charge in [0.15, 0.2) is 0 Å². The first-order valence-electron chi connectivity index (χ1n) is 6.08. The molecule has 1 saturated heterocycles. The van der Waals surface area contributed by atoms with Crippen molar-refractivity contribution in [2.75, 3.05) is 25.1 Å². The van der Waals surface area contributed by atoms with E-state index in [0.717, 1.165) is 37.8 Å². The molecular formula is C14H19NO2. The molecule has 3 nitrogen and oxygen atoms in total. The van der Waals surface area contributed by atoms with Crippen LogP contribution in [0.25, 0.3) is 0 Å². The van der Waals surface area contributed by atoms with Crippen LogP contribution in [-0.2, 0) is 4.74 Å². The summed E-state index contributed by atoms with van der Waals surface area (Å²) in [5, 5.41) is 0. The van der Waals surface area contributed by atoms with Gasteiger partial charge < -0.3 is 9.64 Å². The second kappa shape index (κ2) is 5.32. The maximum Gasteiger partial charge on any atom is 0.150 e. The van der Waals surface area contributed by atoms with E-state index in [1.54, 1.807) is 7.11 Å². The lowest BCUT2D eigenvalue weighted by atomic mass is 10.0. The van der Waals surface area contributed by atoms with Crippen LogP contribution in [0.5, 0.6) is 0 Å². The second-order valence-electron chi connectivity index (χ2n) is 4.59. The molecule has 0 bridgehead atoms. The number of carbonyl (C=O) groups excluding carboxylic acids is 1. The quantitative estimate of drug-likeness (QED) is 0.751. The molecule has 1 aliphatic rings. The predicted molar refractivity (Wildman–Crippen MR) is 68.8 cm³/mol. The van der Waals surface area contributed by atoms with E-state index in [-0.39, 0.29) is 0 Å². The number of piperidine rings is 1. The molecule has 0 unspecified atom stereocenters. The van der Waals surface area contributed by atoms with Gasteiger partial charge in [-0.15, -0.1) is 0 Å². The molecule has 0 N–H and O–H groups in total. The minimum absolute atomic E-state index is 0.404. The molecule has 0 atom stereocenters. The predicted octanol–water partition coefficient (Wildman–Crippen LogP) is 2.42. The van der Waals surface area contributed by atoms with E-state index in [4.69, 9.17) is 4.74 Å².